The Hall–Kier alpha value is -4.00. The molecule has 28 heavy (non-hydrogen) atoms. The van der Waals surface area contributed by atoms with Crippen LogP contribution in [0.15, 0.2) is 58.8 Å². The quantitative estimate of drug-likeness (QED) is 0.397. The molecule has 0 aliphatic rings. The van der Waals surface area contributed by atoms with Crippen molar-refractivity contribution in [3.8, 4) is 0 Å². The van der Waals surface area contributed by atoms with Crippen LogP contribution in [-0.4, -0.2) is 30.9 Å². The monoisotopic (exact) mass is 401 g/mol. The van der Waals surface area contributed by atoms with Gasteiger partial charge >= 0.3 is 0 Å². The van der Waals surface area contributed by atoms with Crippen molar-refractivity contribution < 1.29 is 14.6 Å². The summed E-state index contributed by atoms with van der Waals surface area (Å²) in [7, 11) is 0. The summed E-state index contributed by atoms with van der Waals surface area (Å²) in [4.78, 5) is 37.6. The van der Waals surface area contributed by atoms with Crippen molar-refractivity contribution in [1.29, 1.82) is 0 Å². The molecule has 0 spiro atoms. The second-order valence-corrected chi connectivity index (χ2v) is 6.22. The average Bonchev–Trinajstić information content (AvgIpc) is 3.19. The fraction of sp³-hybridized carbons (Fsp3) is 0. The largest absolute Gasteiger partial charge is 0.294 e. The summed E-state index contributed by atoms with van der Waals surface area (Å²) in [6.45, 7) is 0. The van der Waals surface area contributed by atoms with E-state index in [-0.39, 0.29) is 27.5 Å². The van der Waals surface area contributed by atoms with Gasteiger partial charge in [0.05, 0.1) is 14.7 Å². The first-order chi connectivity index (χ1) is 13.5. The third kappa shape index (κ3) is 4.21. The number of hydrogen-bond acceptors (Lipinski definition) is 9. The second kappa shape index (κ2) is 8.13. The highest BCUT2D eigenvalue weighted by atomic mass is 32.2. The fourth-order valence-corrected chi connectivity index (χ4v) is 2.95. The summed E-state index contributed by atoms with van der Waals surface area (Å²) in [5.41, 5.74) is 4.30. The lowest BCUT2D eigenvalue weighted by molar-refractivity contribution is -0.387. The van der Waals surface area contributed by atoms with Gasteiger partial charge in [-0.05, 0) is 30.0 Å². The summed E-state index contributed by atoms with van der Waals surface area (Å²) in [6, 6.07) is 9.64. The zero-order valence-electron chi connectivity index (χ0n) is 13.9. The van der Waals surface area contributed by atoms with Gasteiger partial charge in [0.1, 0.15) is 12.0 Å². The molecule has 1 heterocycles. The van der Waals surface area contributed by atoms with Crippen LogP contribution in [-0.2, 0) is 0 Å². The van der Waals surface area contributed by atoms with E-state index in [0.29, 0.717) is 5.16 Å². The first-order valence-corrected chi connectivity index (χ1v) is 8.39. The number of carbonyl (C=O) groups is 1. The van der Waals surface area contributed by atoms with Crippen molar-refractivity contribution >= 4 is 34.7 Å². The van der Waals surface area contributed by atoms with E-state index >= 15 is 0 Å². The van der Waals surface area contributed by atoms with Gasteiger partial charge in [-0.1, -0.05) is 12.1 Å². The number of rotatable bonds is 7. The number of H-pyrrole nitrogens is 1. The maximum atomic E-state index is 12.3. The van der Waals surface area contributed by atoms with Crippen molar-refractivity contribution in [1.82, 2.24) is 20.6 Å². The molecule has 0 aliphatic carbocycles. The molecule has 3 N–H and O–H groups in total. The van der Waals surface area contributed by atoms with E-state index in [9.17, 15) is 25.0 Å². The Morgan fingerprint density at radius 1 is 1.07 bits per heavy atom. The molecule has 0 aliphatic heterocycles. The Labute approximate surface area is 160 Å². The summed E-state index contributed by atoms with van der Waals surface area (Å²) < 4.78 is 0. The highest BCUT2D eigenvalue weighted by molar-refractivity contribution is 7.99. The fourth-order valence-electron chi connectivity index (χ4n) is 2.17. The molecule has 0 fully saturated rings. The van der Waals surface area contributed by atoms with E-state index in [2.05, 4.69) is 26.0 Å². The van der Waals surface area contributed by atoms with Crippen LogP contribution >= 0.6 is 11.8 Å². The van der Waals surface area contributed by atoms with Crippen molar-refractivity contribution in [2.24, 2.45) is 0 Å². The summed E-state index contributed by atoms with van der Waals surface area (Å²) in [5.74, 6) is -0.697. The van der Waals surface area contributed by atoms with E-state index in [0.717, 1.165) is 17.8 Å². The third-order valence-electron chi connectivity index (χ3n) is 3.43. The molecule has 0 radical (unpaired) electrons. The number of aromatic nitrogens is 3. The van der Waals surface area contributed by atoms with Crippen LogP contribution in [0.3, 0.4) is 0 Å². The number of aromatic amines is 1. The van der Waals surface area contributed by atoms with Gasteiger partial charge in [0.2, 0.25) is 0 Å². The van der Waals surface area contributed by atoms with Crippen LogP contribution in [0.4, 0.5) is 17.1 Å². The molecule has 2 aromatic carbocycles. The maximum Gasteiger partial charge on any atom is 0.294 e. The Kier molecular flexibility index (Phi) is 5.45. The Balaban J connectivity index is 1.78. The summed E-state index contributed by atoms with van der Waals surface area (Å²) in [5, 5.41) is 28.9. The van der Waals surface area contributed by atoms with Crippen molar-refractivity contribution in [2.75, 3.05) is 5.43 Å². The molecule has 0 atom stereocenters. The molecule has 1 amide bonds. The number of carbonyl (C=O) groups excluding carboxylic acids is 1. The first-order valence-electron chi connectivity index (χ1n) is 7.57. The Morgan fingerprint density at radius 2 is 1.82 bits per heavy atom. The number of nitro groups is 2. The van der Waals surface area contributed by atoms with Crippen molar-refractivity contribution in [3.63, 3.8) is 0 Å². The number of nitro benzene ring substituents is 2. The number of anilines is 1. The van der Waals surface area contributed by atoms with E-state index in [1.165, 1.54) is 36.7 Å². The molecule has 12 nitrogen and oxygen atoms in total. The normalized spacial score (nSPS) is 10.3. The molecular formula is C15H11N7O5S. The van der Waals surface area contributed by atoms with Crippen molar-refractivity contribution in [2.45, 2.75) is 10.1 Å². The molecule has 3 rings (SSSR count). The minimum atomic E-state index is -0.697. The summed E-state index contributed by atoms with van der Waals surface area (Å²) in [6.07, 6.45) is 1.27. The first kappa shape index (κ1) is 18.8. The SMILES string of the molecule is O=C(NNc1ccccc1[N+](=O)[O-])c1ccc(Sc2ncn[nH]2)c([N+](=O)[O-])c1. The smallest absolute Gasteiger partial charge is 0.292 e. The van der Waals surface area contributed by atoms with Gasteiger partial charge in [0.15, 0.2) is 5.16 Å². The molecule has 13 heteroatoms. The average molecular weight is 401 g/mol. The van der Waals surface area contributed by atoms with Crippen LogP contribution in [0.2, 0.25) is 0 Å². The van der Waals surface area contributed by atoms with E-state index in [1.54, 1.807) is 6.07 Å². The molecule has 3 aromatic rings. The lowest BCUT2D eigenvalue weighted by Gasteiger charge is -2.09. The molecule has 142 valence electrons. The highest BCUT2D eigenvalue weighted by Gasteiger charge is 2.20. The van der Waals surface area contributed by atoms with Gasteiger partial charge in [-0.15, -0.1) is 0 Å². The van der Waals surface area contributed by atoms with Gasteiger partial charge in [0, 0.05) is 17.7 Å². The number of para-hydroxylation sites is 2. The Bertz CT molecular complexity index is 1040. The topological polar surface area (TPSA) is 169 Å². The lowest BCUT2D eigenvalue weighted by Crippen LogP contribution is -2.29. The number of nitrogens with one attached hydrogen (secondary N) is 3. The van der Waals surface area contributed by atoms with Crippen LogP contribution in [0.25, 0.3) is 0 Å². The van der Waals surface area contributed by atoms with Crippen LogP contribution in [0.1, 0.15) is 10.4 Å². The molecule has 0 bridgehead atoms. The predicted octanol–water partition coefficient (Wildman–Crippen LogP) is 2.53. The number of benzene rings is 2. The van der Waals surface area contributed by atoms with Crippen LogP contribution in [0.5, 0.6) is 0 Å². The van der Waals surface area contributed by atoms with Crippen LogP contribution < -0.4 is 10.9 Å². The third-order valence-corrected chi connectivity index (χ3v) is 4.38. The zero-order chi connectivity index (χ0) is 20.1. The lowest BCUT2D eigenvalue weighted by atomic mass is 10.2. The van der Waals surface area contributed by atoms with Crippen molar-refractivity contribution in [3.05, 3.63) is 74.6 Å². The molecular weight excluding hydrogens is 390 g/mol. The maximum absolute atomic E-state index is 12.3. The van der Waals surface area contributed by atoms with Gasteiger partial charge in [-0.25, -0.2) is 4.98 Å². The molecule has 0 saturated heterocycles. The van der Waals surface area contributed by atoms with E-state index in [1.807, 2.05) is 0 Å². The van der Waals surface area contributed by atoms with Gasteiger partial charge in [-0.2, -0.15) is 5.10 Å². The number of hydrogen-bond donors (Lipinski definition) is 3. The standard InChI is InChI=1S/C15H11N7O5S/c23-14(19-18-10-3-1-2-4-11(10)21(24)25)9-5-6-13(12(7-9)22(26)27)28-15-16-8-17-20-15/h1-8,18H,(H,19,23)(H,16,17,20). The molecule has 1 aromatic heterocycles. The number of hydrazine groups is 1. The molecule has 0 unspecified atom stereocenters. The minimum Gasteiger partial charge on any atom is -0.292 e. The van der Waals surface area contributed by atoms with Gasteiger partial charge in [-0.3, -0.25) is 41.0 Å². The summed E-state index contributed by atoms with van der Waals surface area (Å²) >= 11 is 0.992. The minimum absolute atomic E-state index is 0.000274. The van der Waals surface area contributed by atoms with E-state index in [4.69, 9.17) is 0 Å². The van der Waals surface area contributed by atoms with Gasteiger partial charge in [0.25, 0.3) is 17.3 Å². The van der Waals surface area contributed by atoms with E-state index < -0.39 is 15.8 Å². The highest BCUT2D eigenvalue weighted by Crippen LogP contribution is 2.33. The molecule has 0 saturated carbocycles. The second-order valence-electron chi connectivity index (χ2n) is 5.19. The van der Waals surface area contributed by atoms with Gasteiger partial charge < -0.3 is 0 Å². The predicted molar refractivity (Wildman–Crippen MR) is 97.8 cm³/mol. The number of nitrogens with zero attached hydrogens (tertiary/aromatic N) is 4. The van der Waals surface area contributed by atoms with Crippen LogP contribution in [0, 0.1) is 20.2 Å². The number of amides is 1. The zero-order valence-corrected chi connectivity index (χ0v) is 14.7. The Morgan fingerprint density at radius 3 is 2.50 bits per heavy atom.